The molecule has 4 heteroatoms. The Morgan fingerprint density at radius 1 is 1.26 bits per heavy atom. The average Bonchev–Trinajstić information content (AvgIpc) is 3.02. The van der Waals surface area contributed by atoms with E-state index in [1.54, 1.807) is 22.7 Å². The van der Waals surface area contributed by atoms with Crippen LogP contribution in [0.1, 0.15) is 13.8 Å². The van der Waals surface area contributed by atoms with Gasteiger partial charge < -0.3 is 5.32 Å². The minimum absolute atomic E-state index is 0.636. The number of nitrogens with zero attached hydrogens (tertiary/aromatic N) is 1. The lowest BCUT2D eigenvalue weighted by Crippen LogP contribution is -2.07. The second-order valence-corrected chi connectivity index (χ2v) is 6.90. The Hall–Kier alpha value is -1.39. The van der Waals surface area contributed by atoms with Crippen LogP contribution in [0.5, 0.6) is 0 Å². The van der Waals surface area contributed by atoms with Crippen LogP contribution in [0.3, 0.4) is 0 Å². The third kappa shape index (κ3) is 2.80. The molecule has 0 saturated heterocycles. The van der Waals surface area contributed by atoms with E-state index in [1.165, 1.54) is 15.0 Å². The molecule has 0 aliphatic rings. The van der Waals surface area contributed by atoms with E-state index < -0.39 is 0 Å². The molecular formula is C15H16N2S2. The van der Waals surface area contributed by atoms with Crippen molar-refractivity contribution < 1.29 is 0 Å². The van der Waals surface area contributed by atoms with Gasteiger partial charge in [0.2, 0.25) is 0 Å². The van der Waals surface area contributed by atoms with Crippen LogP contribution >= 0.6 is 22.7 Å². The third-order valence-electron chi connectivity index (χ3n) is 2.84. The molecule has 0 spiro atoms. The van der Waals surface area contributed by atoms with Crippen LogP contribution < -0.4 is 5.32 Å². The molecule has 0 unspecified atom stereocenters. The minimum Gasteiger partial charge on any atom is -0.361 e. The highest BCUT2D eigenvalue weighted by atomic mass is 32.1. The number of rotatable bonds is 4. The molecule has 0 aliphatic heterocycles. The zero-order valence-corrected chi connectivity index (χ0v) is 12.6. The Morgan fingerprint density at radius 2 is 2.11 bits per heavy atom. The fourth-order valence-electron chi connectivity index (χ4n) is 1.87. The normalized spacial score (nSPS) is 11.3. The molecule has 1 aromatic carbocycles. The predicted octanol–water partition coefficient (Wildman–Crippen LogP) is 5.09. The fourth-order valence-corrected chi connectivity index (χ4v) is 3.69. The van der Waals surface area contributed by atoms with Gasteiger partial charge in [0.1, 0.15) is 0 Å². The minimum atomic E-state index is 0.636. The Kier molecular flexibility index (Phi) is 3.53. The lowest BCUT2D eigenvalue weighted by Gasteiger charge is -2.04. The van der Waals surface area contributed by atoms with Crippen LogP contribution in [0.15, 0.2) is 35.7 Å². The predicted molar refractivity (Wildman–Crippen MR) is 86.3 cm³/mol. The smallest absolute Gasteiger partial charge is 0.183 e. The van der Waals surface area contributed by atoms with E-state index in [2.05, 4.69) is 59.9 Å². The van der Waals surface area contributed by atoms with E-state index in [4.69, 9.17) is 0 Å². The largest absolute Gasteiger partial charge is 0.361 e. The first-order valence-electron chi connectivity index (χ1n) is 6.41. The molecule has 0 fully saturated rings. The van der Waals surface area contributed by atoms with Crippen molar-refractivity contribution in [1.29, 1.82) is 0 Å². The maximum absolute atomic E-state index is 4.67. The Balaban J connectivity index is 1.85. The summed E-state index contributed by atoms with van der Waals surface area (Å²) in [6, 6.07) is 10.7. The second-order valence-electron chi connectivity index (χ2n) is 4.96. The number of thiazole rings is 1. The summed E-state index contributed by atoms with van der Waals surface area (Å²) in [6.45, 7) is 5.38. The number of benzene rings is 1. The van der Waals surface area contributed by atoms with Crippen molar-refractivity contribution in [2.24, 2.45) is 5.92 Å². The number of hydrogen-bond donors (Lipinski definition) is 1. The van der Waals surface area contributed by atoms with E-state index >= 15 is 0 Å². The van der Waals surface area contributed by atoms with E-state index in [0.29, 0.717) is 5.92 Å². The number of anilines is 1. The van der Waals surface area contributed by atoms with Crippen molar-refractivity contribution in [3.63, 3.8) is 0 Å². The van der Waals surface area contributed by atoms with Crippen molar-refractivity contribution >= 4 is 37.9 Å². The summed E-state index contributed by atoms with van der Waals surface area (Å²) in [7, 11) is 0. The topological polar surface area (TPSA) is 24.9 Å². The molecule has 3 aromatic rings. The maximum atomic E-state index is 4.67. The number of nitrogens with one attached hydrogen (secondary N) is 1. The van der Waals surface area contributed by atoms with Gasteiger partial charge in [-0.3, -0.25) is 0 Å². The number of hydrogen-bond acceptors (Lipinski definition) is 4. The van der Waals surface area contributed by atoms with E-state index in [1.807, 2.05) is 0 Å². The van der Waals surface area contributed by atoms with Crippen LogP contribution in [-0.4, -0.2) is 11.5 Å². The molecule has 0 bridgehead atoms. The van der Waals surface area contributed by atoms with Crippen molar-refractivity contribution in [3.8, 4) is 10.6 Å². The van der Waals surface area contributed by atoms with E-state index in [-0.39, 0.29) is 0 Å². The highest BCUT2D eigenvalue weighted by Gasteiger charge is 2.08. The molecule has 1 N–H and O–H groups in total. The molecule has 98 valence electrons. The Labute approximate surface area is 121 Å². The van der Waals surface area contributed by atoms with Crippen LogP contribution in [0, 0.1) is 5.92 Å². The molecule has 0 saturated carbocycles. The SMILES string of the molecule is CC(C)CNc1nc(-c2cc3ccccc3s2)cs1. The summed E-state index contributed by atoms with van der Waals surface area (Å²) in [5, 5.41) is 7.83. The molecular weight excluding hydrogens is 272 g/mol. The van der Waals surface area contributed by atoms with Gasteiger partial charge in [0.25, 0.3) is 0 Å². The number of aromatic nitrogens is 1. The van der Waals surface area contributed by atoms with Gasteiger partial charge in [-0.15, -0.1) is 22.7 Å². The molecule has 0 aliphatic carbocycles. The summed E-state index contributed by atoms with van der Waals surface area (Å²) < 4.78 is 1.32. The van der Waals surface area contributed by atoms with Gasteiger partial charge >= 0.3 is 0 Å². The lowest BCUT2D eigenvalue weighted by molar-refractivity contribution is 0.688. The average molecular weight is 288 g/mol. The van der Waals surface area contributed by atoms with E-state index in [0.717, 1.165) is 17.4 Å². The first-order chi connectivity index (χ1) is 9.22. The summed E-state index contributed by atoms with van der Waals surface area (Å²) in [4.78, 5) is 5.91. The van der Waals surface area contributed by atoms with Crippen LogP contribution in [0.25, 0.3) is 20.7 Å². The Morgan fingerprint density at radius 3 is 2.89 bits per heavy atom. The van der Waals surface area contributed by atoms with Gasteiger partial charge in [-0.2, -0.15) is 0 Å². The highest BCUT2D eigenvalue weighted by Crippen LogP contribution is 2.34. The monoisotopic (exact) mass is 288 g/mol. The maximum Gasteiger partial charge on any atom is 0.183 e. The third-order valence-corrected chi connectivity index (χ3v) is 4.78. The number of thiophene rings is 1. The first kappa shape index (κ1) is 12.6. The van der Waals surface area contributed by atoms with Crippen LogP contribution in [0.2, 0.25) is 0 Å². The summed E-state index contributed by atoms with van der Waals surface area (Å²) >= 11 is 3.49. The van der Waals surface area contributed by atoms with Crippen molar-refractivity contribution in [1.82, 2.24) is 4.98 Å². The van der Waals surface area contributed by atoms with Gasteiger partial charge in [0, 0.05) is 16.6 Å². The summed E-state index contributed by atoms with van der Waals surface area (Å²) in [5.74, 6) is 0.636. The molecule has 2 aromatic heterocycles. The fraction of sp³-hybridized carbons (Fsp3) is 0.267. The van der Waals surface area contributed by atoms with Crippen molar-refractivity contribution in [2.75, 3.05) is 11.9 Å². The zero-order valence-electron chi connectivity index (χ0n) is 11.0. The lowest BCUT2D eigenvalue weighted by atomic mass is 10.2. The van der Waals surface area contributed by atoms with Crippen molar-refractivity contribution in [3.05, 3.63) is 35.7 Å². The molecule has 19 heavy (non-hydrogen) atoms. The van der Waals surface area contributed by atoms with E-state index in [9.17, 15) is 0 Å². The first-order valence-corrected chi connectivity index (χ1v) is 8.10. The quantitative estimate of drug-likeness (QED) is 0.723. The van der Waals surface area contributed by atoms with Gasteiger partial charge in [-0.05, 0) is 23.4 Å². The molecule has 0 radical (unpaired) electrons. The van der Waals surface area contributed by atoms with Crippen LogP contribution in [0.4, 0.5) is 5.13 Å². The molecule has 0 amide bonds. The molecule has 0 atom stereocenters. The summed E-state index contributed by atoms with van der Waals surface area (Å²) in [5.41, 5.74) is 1.08. The molecule has 2 nitrogen and oxygen atoms in total. The second kappa shape index (κ2) is 5.31. The Bertz CT molecular complexity index is 649. The van der Waals surface area contributed by atoms with Crippen molar-refractivity contribution in [2.45, 2.75) is 13.8 Å². The standard InChI is InChI=1S/C15H16N2S2/c1-10(2)8-16-15-17-12(9-18-15)14-7-11-5-3-4-6-13(11)19-14/h3-7,9-10H,8H2,1-2H3,(H,16,17). The van der Waals surface area contributed by atoms with Gasteiger partial charge in [0.05, 0.1) is 10.6 Å². The summed E-state index contributed by atoms with van der Waals surface area (Å²) in [6.07, 6.45) is 0. The van der Waals surface area contributed by atoms with Gasteiger partial charge in [0.15, 0.2) is 5.13 Å². The molecule has 3 rings (SSSR count). The number of fused-ring (bicyclic) bond motifs is 1. The highest BCUT2D eigenvalue weighted by molar-refractivity contribution is 7.22. The van der Waals surface area contributed by atoms with Crippen LogP contribution in [-0.2, 0) is 0 Å². The van der Waals surface area contributed by atoms with Gasteiger partial charge in [-0.1, -0.05) is 32.0 Å². The zero-order chi connectivity index (χ0) is 13.2. The van der Waals surface area contributed by atoms with Gasteiger partial charge in [-0.25, -0.2) is 4.98 Å². The molecule has 2 heterocycles.